The van der Waals surface area contributed by atoms with Crippen molar-refractivity contribution in [3.8, 4) is 0 Å². The fraction of sp³-hybridized carbons (Fsp3) is 0.571. The molecule has 1 aromatic carbocycles. The van der Waals surface area contributed by atoms with E-state index in [9.17, 15) is 4.79 Å². The number of nitrogens with zero attached hydrogens (tertiary/aromatic N) is 2. The van der Waals surface area contributed by atoms with E-state index < -0.39 is 0 Å². The van der Waals surface area contributed by atoms with Gasteiger partial charge in [0.2, 0.25) is 0 Å². The number of aryl methyl sites for hydroxylation is 1. The molecule has 1 N–H and O–H groups in total. The lowest BCUT2D eigenvalue weighted by atomic mass is 10.1. The van der Waals surface area contributed by atoms with Crippen LogP contribution in [-0.4, -0.2) is 60.9 Å². The number of amides is 1. The molecule has 1 aliphatic carbocycles. The first-order valence-corrected chi connectivity index (χ1v) is 10.4. The number of aromatic nitrogens is 1. The molecule has 2 fully saturated rings. The van der Waals surface area contributed by atoms with E-state index in [2.05, 4.69) is 28.1 Å². The Morgan fingerprint density at radius 3 is 3.00 bits per heavy atom. The van der Waals surface area contributed by atoms with E-state index in [0.29, 0.717) is 25.7 Å². The zero-order valence-corrected chi connectivity index (χ0v) is 17.1. The van der Waals surface area contributed by atoms with Crippen LogP contribution in [0.3, 0.4) is 0 Å². The van der Waals surface area contributed by atoms with Crippen molar-refractivity contribution in [2.75, 3.05) is 33.4 Å². The topological polar surface area (TPSA) is 55.7 Å². The average molecular weight is 406 g/mol. The third-order valence-corrected chi connectivity index (χ3v) is 5.77. The Morgan fingerprint density at radius 2 is 2.29 bits per heavy atom. The van der Waals surface area contributed by atoms with Gasteiger partial charge in [-0.05, 0) is 30.9 Å². The molecule has 0 radical (unpaired) electrons. The first-order valence-electron chi connectivity index (χ1n) is 10.1. The van der Waals surface area contributed by atoms with Crippen molar-refractivity contribution >= 4 is 28.4 Å². The molecule has 4 rings (SSSR count). The lowest BCUT2D eigenvalue weighted by molar-refractivity contribution is -0.146. The zero-order chi connectivity index (χ0) is 19.5. The first-order chi connectivity index (χ1) is 13.7. The third kappa shape index (κ3) is 4.35. The van der Waals surface area contributed by atoms with Crippen LogP contribution in [0.5, 0.6) is 0 Å². The molecule has 1 amide bonds. The van der Waals surface area contributed by atoms with Crippen molar-refractivity contribution in [3.63, 3.8) is 0 Å². The smallest absolute Gasteiger partial charge is 0.253 e. The number of rotatable bonds is 8. The number of benzene rings is 1. The molecule has 1 aliphatic heterocycles. The summed E-state index contributed by atoms with van der Waals surface area (Å²) in [6, 6.07) is 6.65. The number of ether oxygens (including phenoxy) is 2. The van der Waals surface area contributed by atoms with E-state index >= 15 is 0 Å². The van der Waals surface area contributed by atoms with Gasteiger partial charge in [0.05, 0.1) is 11.6 Å². The lowest BCUT2D eigenvalue weighted by Crippen LogP contribution is -2.49. The van der Waals surface area contributed by atoms with Gasteiger partial charge < -0.3 is 24.3 Å². The predicted octanol–water partition coefficient (Wildman–Crippen LogP) is 2.81. The second-order valence-corrected chi connectivity index (χ2v) is 8.04. The van der Waals surface area contributed by atoms with Crippen LogP contribution in [0.2, 0.25) is 5.02 Å². The summed E-state index contributed by atoms with van der Waals surface area (Å²) in [7, 11) is 1.72. The number of methoxy groups -OCH3 is 1. The highest BCUT2D eigenvalue weighted by atomic mass is 35.5. The average Bonchev–Trinajstić information content (AvgIpc) is 3.52. The van der Waals surface area contributed by atoms with Crippen LogP contribution < -0.4 is 5.32 Å². The molecule has 6 nitrogen and oxygen atoms in total. The Bertz CT molecular complexity index is 828. The molecule has 7 heteroatoms. The zero-order valence-electron chi connectivity index (χ0n) is 16.3. The minimum absolute atomic E-state index is 0.100. The molecule has 1 aromatic heterocycles. The van der Waals surface area contributed by atoms with Gasteiger partial charge >= 0.3 is 0 Å². The van der Waals surface area contributed by atoms with Crippen molar-refractivity contribution in [1.29, 1.82) is 0 Å². The van der Waals surface area contributed by atoms with Gasteiger partial charge in [0.1, 0.15) is 6.10 Å². The van der Waals surface area contributed by atoms with Gasteiger partial charge in [0, 0.05) is 63.0 Å². The van der Waals surface area contributed by atoms with E-state index in [4.69, 9.17) is 21.1 Å². The highest BCUT2D eigenvalue weighted by Crippen LogP contribution is 2.31. The van der Waals surface area contributed by atoms with Crippen LogP contribution in [-0.2, 0) is 27.4 Å². The number of nitrogens with one attached hydrogen (secondary N) is 1. The number of carbonyl (C=O) groups excluding carboxylic acids is 1. The predicted molar refractivity (Wildman–Crippen MR) is 110 cm³/mol. The minimum atomic E-state index is -0.370. The normalized spacial score (nSPS) is 19.9. The summed E-state index contributed by atoms with van der Waals surface area (Å²) in [5.74, 6) is 0.100. The van der Waals surface area contributed by atoms with Gasteiger partial charge in [-0.3, -0.25) is 4.79 Å². The molecular formula is C21H28ClN3O3. The summed E-state index contributed by atoms with van der Waals surface area (Å²) in [5, 5.41) is 5.06. The van der Waals surface area contributed by atoms with Gasteiger partial charge in [-0.15, -0.1) is 0 Å². The summed E-state index contributed by atoms with van der Waals surface area (Å²) in [5.41, 5.74) is 2.23. The molecule has 2 aliphatic rings. The molecule has 1 atom stereocenters. The van der Waals surface area contributed by atoms with Crippen LogP contribution in [0.25, 0.3) is 10.9 Å². The van der Waals surface area contributed by atoms with Crippen molar-refractivity contribution < 1.29 is 14.3 Å². The molecule has 0 spiro atoms. The van der Waals surface area contributed by atoms with Gasteiger partial charge in [-0.2, -0.15) is 0 Å². The van der Waals surface area contributed by atoms with E-state index in [1.54, 1.807) is 7.11 Å². The monoisotopic (exact) mass is 405 g/mol. The number of halogens is 1. The van der Waals surface area contributed by atoms with Crippen LogP contribution in [0.15, 0.2) is 24.4 Å². The molecule has 1 saturated heterocycles. The Kier molecular flexibility index (Phi) is 6.21. The maximum atomic E-state index is 13.0. The van der Waals surface area contributed by atoms with Crippen LogP contribution >= 0.6 is 11.6 Å². The van der Waals surface area contributed by atoms with E-state index in [-0.39, 0.29) is 12.0 Å². The fourth-order valence-corrected chi connectivity index (χ4v) is 4.11. The first kappa shape index (κ1) is 19.7. The van der Waals surface area contributed by atoms with Gasteiger partial charge in [-0.1, -0.05) is 23.7 Å². The summed E-state index contributed by atoms with van der Waals surface area (Å²) >= 11 is 6.42. The van der Waals surface area contributed by atoms with Crippen LogP contribution in [0.1, 0.15) is 24.8 Å². The number of morpholine rings is 1. The highest BCUT2D eigenvalue weighted by Gasteiger charge is 2.36. The molecular weight excluding hydrogens is 378 g/mol. The Balaban J connectivity index is 1.53. The van der Waals surface area contributed by atoms with Gasteiger partial charge in [0.25, 0.3) is 5.91 Å². The van der Waals surface area contributed by atoms with Crippen molar-refractivity contribution in [3.05, 3.63) is 35.0 Å². The summed E-state index contributed by atoms with van der Waals surface area (Å²) in [6.07, 6.45) is 4.70. The number of carbonyl (C=O) groups is 1. The molecule has 1 unspecified atom stereocenters. The van der Waals surface area contributed by atoms with E-state index in [1.807, 2.05) is 11.1 Å². The van der Waals surface area contributed by atoms with Crippen LogP contribution in [0, 0.1) is 0 Å². The molecule has 0 bridgehead atoms. The highest BCUT2D eigenvalue weighted by molar-refractivity contribution is 6.35. The molecule has 28 heavy (non-hydrogen) atoms. The standard InChI is InChI=1S/C21H28ClN3O3/c1-27-9-2-8-24-14-18(22)17-6-3-15(11-19(17)24)13-25(16-4-5-16)21(26)20-12-23-7-10-28-20/h3,6,11,14,16,20,23H,2,4-5,7-10,12-13H2,1H3. The fourth-order valence-electron chi connectivity index (χ4n) is 3.83. The van der Waals surface area contributed by atoms with E-state index in [1.165, 1.54) is 0 Å². The van der Waals surface area contributed by atoms with Crippen molar-refractivity contribution in [1.82, 2.24) is 14.8 Å². The van der Waals surface area contributed by atoms with Crippen molar-refractivity contribution in [2.45, 2.75) is 44.5 Å². The number of hydrogen-bond acceptors (Lipinski definition) is 4. The number of fused-ring (bicyclic) bond motifs is 1. The van der Waals surface area contributed by atoms with E-state index in [0.717, 1.165) is 60.4 Å². The molecule has 2 heterocycles. The maximum absolute atomic E-state index is 13.0. The number of hydrogen-bond donors (Lipinski definition) is 1. The third-order valence-electron chi connectivity index (χ3n) is 5.47. The van der Waals surface area contributed by atoms with Crippen molar-refractivity contribution in [2.24, 2.45) is 0 Å². The van der Waals surface area contributed by atoms with Gasteiger partial charge in [-0.25, -0.2) is 0 Å². The minimum Gasteiger partial charge on any atom is -0.385 e. The Morgan fingerprint density at radius 1 is 1.43 bits per heavy atom. The summed E-state index contributed by atoms with van der Waals surface area (Å²) < 4.78 is 13.0. The summed E-state index contributed by atoms with van der Waals surface area (Å²) in [6.45, 7) is 4.18. The largest absolute Gasteiger partial charge is 0.385 e. The Labute approximate surface area is 170 Å². The second kappa shape index (κ2) is 8.82. The lowest BCUT2D eigenvalue weighted by Gasteiger charge is -2.30. The Hall–Kier alpha value is -1.60. The van der Waals surface area contributed by atoms with Crippen LogP contribution in [0.4, 0.5) is 0 Å². The van der Waals surface area contributed by atoms with Gasteiger partial charge in [0.15, 0.2) is 0 Å². The summed E-state index contributed by atoms with van der Waals surface area (Å²) in [4.78, 5) is 15.0. The molecule has 152 valence electrons. The second-order valence-electron chi connectivity index (χ2n) is 7.63. The SMILES string of the molecule is COCCCn1cc(Cl)c2ccc(CN(C(=O)C3CNCCO3)C3CC3)cc21. The quantitative estimate of drug-likeness (QED) is 0.686. The molecule has 1 saturated carbocycles. The maximum Gasteiger partial charge on any atom is 0.253 e. The molecule has 2 aromatic rings.